The van der Waals surface area contributed by atoms with Crippen molar-refractivity contribution >= 4 is 16.0 Å². The molecule has 0 bridgehead atoms. The van der Waals surface area contributed by atoms with Crippen LogP contribution in [0.15, 0.2) is 21.6 Å². The summed E-state index contributed by atoms with van der Waals surface area (Å²) < 4.78 is 31.9. The Bertz CT molecular complexity index is 730. The van der Waals surface area contributed by atoms with Crippen molar-refractivity contribution in [3.8, 4) is 0 Å². The normalized spacial score (nSPS) is 11.7. The first-order chi connectivity index (χ1) is 9.33. The van der Waals surface area contributed by atoms with Crippen LogP contribution in [-0.2, 0) is 16.6 Å². The van der Waals surface area contributed by atoms with Gasteiger partial charge in [-0.25, -0.2) is 17.9 Å². The van der Waals surface area contributed by atoms with Crippen LogP contribution in [-0.4, -0.2) is 29.7 Å². The Kier molecular flexibility index (Phi) is 3.64. The fourth-order valence-corrected chi connectivity index (χ4v) is 3.27. The lowest BCUT2D eigenvalue weighted by Crippen LogP contribution is -2.25. The number of furan rings is 1. The molecule has 3 N–H and O–H groups in total. The van der Waals surface area contributed by atoms with Gasteiger partial charge in [0.15, 0.2) is 0 Å². The van der Waals surface area contributed by atoms with E-state index >= 15 is 0 Å². The molecule has 2 rings (SSSR count). The zero-order valence-corrected chi connectivity index (χ0v) is 11.6. The van der Waals surface area contributed by atoms with E-state index in [9.17, 15) is 13.2 Å². The predicted molar refractivity (Wildman–Crippen MR) is 67.8 cm³/mol. The van der Waals surface area contributed by atoms with Crippen molar-refractivity contribution in [3.63, 3.8) is 0 Å². The average Bonchev–Trinajstić information content (AvgIpc) is 2.94. The molecule has 0 spiro atoms. The Morgan fingerprint density at radius 2 is 2.15 bits per heavy atom. The number of aryl methyl sites for hydroxylation is 2. The number of nitrogens with one attached hydrogen (secondary N) is 2. The molecule has 2 aromatic heterocycles. The maximum Gasteiger partial charge on any atom is 0.340 e. The van der Waals surface area contributed by atoms with Crippen LogP contribution in [0.25, 0.3) is 0 Å². The van der Waals surface area contributed by atoms with Crippen LogP contribution in [0, 0.1) is 13.8 Å². The fraction of sp³-hybridized carbons (Fsp3) is 0.273. The summed E-state index contributed by atoms with van der Waals surface area (Å²) in [6.07, 6.45) is 1.49. The van der Waals surface area contributed by atoms with Crippen molar-refractivity contribution in [3.05, 3.63) is 35.0 Å². The molecule has 8 nitrogen and oxygen atoms in total. The summed E-state index contributed by atoms with van der Waals surface area (Å²) in [6, 6.07) is 1.61. The van der Waals surface area contributed by atoms with Gasteiger partial charge in [-0.15, -0.1) is 0 Å². The van der Waals surface area contributed by atoms with Crippen molar-refractivity contribution in [2.24, 2.45) is 0 Å². The smallest absolute Gasteiger partial charge is 0.340 e. The fourth-order valence-electron chi connectivity index (χ4n) is 1.86. The van der Waals surface area contributed by atoms with E-state index in [0.29, 0.717) is 5.69 Å². The highest BCUT2D eigenvalue weighted by atomic mass is 32.2. The summed E-state index contributed by atoms with van der Waals surface area (Å²) in [5.41, 5.74) is 0.211. The minimum atomic E-state index is -3.99. The number of nitrogens with zero attached hydrogens (tertiary/aromatic N) is 1. The van der Waals surface area contributed by atoms with Crippen LogP contribution < -0.4 is 4.72 Å². The molecule has 0 aliphatic rings. The molecule has 0 fully saturated rings. The van der Waals surface area contributed by atoms with Crippen LogP contribution in [0.3, 0.4) is 0 Å². The maximum atomic E-state index is 12.2. The van der Waals surface area contributed by atoms with Crippen molar-refractivity contribution in [2.75, 3.05) is 0 Å². The first-order valence-corrected chi connectivity index (χ1v) is 7.12. The van der Waals surface area contributed by atoms with Crippen molar-refractivity contribution < 1.29 is 22.7 Å². The first-order valence-electron chi connectivity index (χ1n) is 5.64. The number of aromatic nitrogens is 2. The van der Waals surface area contributed by atoms with Crippen LogP contribution in [0.5, 0.6) is 0 Å². The standard InChI is InChI=1S/C11H13N3O5S/c1-6-9(11(15)16)10(7(2)19-6)20(17,18)13-5-8-3-4-12-14-8/h3-4,13H,5H2,1-2H3,(H,12,14)(H,15,16). The van der Waals surface area contributed by atoms with Gasteiger partial charge in [0.05, 0.1) is 12.2 Å². The van der Waals surface area contributed by atoms with Gasteiger partial charge in [0.25, 0.3) is 0 Å². The Morgan fingerprint density at radius 1 is 1.45 bits per heavy atom. The maximum absolute atomic E-state index is 12.2. The van der Waals surface area contributed by atoms with Crippen LogP contribution in [0.1, 0.15) is 27.6 Å². The van der Waals surface area contributed by atoms with Gasteiger partial charge in [-0.1, -0.05) is 0 Å². The molecule has 20 heavy (non-hydrogen) atoms. The summed E-state index contributed by atoms with van der Waals surface area (Å²) in [6.45, 7) is 2.79. The van der Waals surface area contributed by atoms with Gasteiger partial charge in [0.2, 0.25) is 10.0 Å². The molecular weight excluding hydrogens is 286 g/mol. The van der Waals surface area contributed by atoms with Gasteiger partial charge in [-0.3, -0.25) is 5.10 Å². The summed E-state index contributed by atoms with van der Waals surface area (Å²) in [5.74, 6) is -1.25. The third kappa shape index (κ3) is 2.58. The van der Waals surface area contributed by atoms with Crippen molar-refractivity contribution in [1.29, 1.82) is 0 Å². The Hall–Kier alpha value is -2.13. The van der Waals surface area contributed by atoms with E-state index in [1.807, 2.05) is 0 Å². The molecular formula is C11H13N3O5S. The predicted octanol–water partition coefficient (Wildman–Crippen LogP) is 0.796. The van der Waals surface area contributed by atoms with Gasteiger partial charge in [0, 0.05) is 6.20 Å². The Morgan fingerprint density at radius 3 is 2.70 bits per heavy atom. The SMILES string of the molecule is Cc1oc(C)c(S(=O)(=O)NCc2ccn[nH]2)c1C(=O)O. The van der Waals surface area contributed by atoms with Crippen LogP contribution >= 0.6 is 0 Å². The number of aromatic amines is 1. The van der Waals surface area contributed by atoms with Crippen LogP contribution in [0.2, 0.25) is 0 Å². The number of carbonyl (C=O) groups is 1. The topological polar surface area (TPSA) is 125 Å². The molecule has 0 aliphatic carbocycles. The highest BCUT2D eigenvalue weighted by molar-refractivity contribution is 7.89. The molecule has 0 saturated heterocycles. The lowest BCUT2D eigenvalue weighted by molar-refractivity contribution is 0.0691. The van der Waals surface area contributed by atoms with E-state index in [4.69, 9.17) is 9.52 Å². The Labute approximate surface area is 114 Å². The van der Waals surface area contributed by atoms with E-state index in [0.717, 1.165) is 0 Å². The van der Waals surface area contributed by atoms with E-state index in [1.165, 1.54) is 20.0 Å². The first kappa shape index (κ1) is 14.3. The molecule has 0 aromatic carbocycles. The number of hydrogen-bond donors (Lipinski definition) is 3. The zero-order valence-electron chi connectivity index (χ0n) is 10.8. The molecule has 0 atom stereocenters. The van der Waals surface area contributed by atoms with Crippen LogP contribution in [0.4, 0.5) is 0 Å². The van der Waals surface area contributed by atoms with Crippen molar-refractivity contribution in [2.45, 2.75) is 25.3 Å². The second-order valence-corrected chi connectivity index (χ2v) is 5.83. The summed E-state index contributed by atoms with van der Waals surface area (Å²) in [5, 5.41) is 15.4. The molecule has 0 aliphatic heterocycles. The lowest BCUT2D eigenvalue weighted by Gasteiger charge is -2.05. The third-order valence-corrected chi connectivity index (χ3v) is 4.25. The number of aromatic carboxylic acids is 1. The zero-order chi connectivity index (χ0) is 14.9. The molecule has 0 amide bonds. The summed E-state index contributed by atoms with van der Waals surface area (Å²) in [7, 11) is -3.99. The highest BCUT2D eigenvalue weighted by Crippen LogP contribution is 2.26. The van der Waals surface area contributed by atoms with E-state index in [-0.39, 0.29) is 28.5 Å². The molecule has 2 heterocycles. The quantitative estimate of drug-likeness (QED) is 0.749. The van der Waals surface area contributed by atoms with Gasteiger partial charge in [0.1, 0.15) is 22.0 Å². The molecule has 2 aromatic rings. The van der Waals surface area contributed by atoms with E-state index < -0.39 is 16.0 Å². The van der Waals surface area contributed by atoms with Gasteiger partial charge in [-0.05, 0) is 19.9 Å². The number of carboxylic acid groups (broad SMARTS) is 1. The molecule has 0 saturated carbocycles. The van der Waals surface area contributed by atoms with Gasteiger partial charge >= 0.3 is 5.97 Å². The second kappa shape index (κ2) is 5.10. The number of rotatable bonds is 5. The summed E-state index contributed by atoms with van der Waals surface area (Å²) in [4.78, 5) is 10.8. The Balaban J connectivity index is 2.37. The highest BCUT2D eigenvalue weighted by Gasteiger charge is 2.30. The minimum Gasteiger partial charge on any atom is -0.478 e. The minimum absolute atomic E-state index is 0.0228. The van der Waals surface area contributed by atoms with Crippen molar-refractivity contribution in [1.82, 2.24) is 14.9 Å². The van der Waals surface area contributed by atoms with Gasteiger partial charge in [-0.2, -0.15) is 5.10 Å². The van der Waals surface area contributed by atoms with E-state index in [1.54, 1.807) is 6.07 Å². The number of hydrogen-bond acceptors (Lipinski definition) is 5. The monoisotopic (exact) mass is 299 g/mol. The largest absolute Gasteiger partial charge is 0.478 e. The average molecular weight is 299 g/mol. The molecule has 0 radical (unpaired) electrons. The summed E-state index contributed by atoms with van der Waals surface area (Å²) >= 11 is 0. The third-order valence-electron chi connectivity index (χ3n) is 2.70. The number of carboxylic acids is 1. The molecule has 108 valence electrons. The number of H-pyrrole nitrogens is 1. The molecule has 0 unspecified atom stereocenters. The lowest BCUT2D eigenvalue weighted by atomic mass is 10.2. The van der Waals surface area contributed by atoms with Gasteiger partial charge < -0.3 is 9.52 Å². The number of sulfonamides is 1. The molecule has 9 heteroatoms. The second-order valence-electron chi connectivity index (χ2n) is 4.13. The van der Waals surface area contributed by atoms with E-state index in [2.05, 4.69) is 14.9 Å².